The highest BCUT2D eigenvalue weighted by molar-refractivity contribution is 6.30. The molecule has 128 valence electrons. The summed E-state index contributed by atoms with van der Waals surface area (Å²) in [6.45, 7) is 2.49. The summed E-state index contributed by atoms with van der Waals surface area (Å²) in [6, 6.07) is 14.2. The lowest BCUT2D eigenvalue weighted by molar-refractivity contribution is 0.0526. The molecular formula is C18H16ClN3O3. The van der Waals surface area contributed by atoms with Crippen molar-refractivity contribution < 1.29 is 13.9 Å². The summed E-state index contributed by atoms with van der Waals surface area (Å²) in [7, 11) is 0. The summed E-state index contributed by atoms with van der Waals surface area (Å²) in [5.74, 6) is 0.526. The van der Waals surface area contributed by atoms with Crippen LogP contribution in [0.15, 0.2) is 52.9 Å². The Bertz CT molecular complexity index is 862. The van der Waals surface area contributed by atoms with Crippen molar-refractivity contribution in [2.75, 3.05) is 11.9 Å². The molecule has 1 aromatic heterocycles. The van der Waals surface area contributed by atoms with Gasteiger partial charge in [-0.05, 0) is 49.4 Å². The van der Waals surface area contributed by atoms with Crippen LogP contribution in [0, 0.1) is 0 Å². The maximum Gasteiger partial charge on any atom is 0.338 e. The molecule has 0 spiro atoms. The topological polar surface area (TPSA) is 77.2 Å². The van der Waals surface area contributed by atoms with Crippen LogP contribution in [0.4, 0.5) is 5.69 Å². The SMILES string of the molecule is CCOC(=O)c1ccc(NCc2nnc(-c3cccc(Cl)c3)o2)cc1. The molecule has 0 radical (unpaired) electrons. The second kappa shape index (κ2) is 7.81. The van der Waals surface area contributed by atoms with E-state index in [2.05, 4.69) is 15.5 Å². The summed E-state index contributed by atoms with van der Waals surface area (Å²) in [5, 5.41) is 11.8. The first kappa shape index (κ1) is 17.0. The largest absolute Gasteiger partial charge is 0.462 e. The molecule has 25 heavy (non-hydrogen) atoms. The maximum absolute atomic E-state index is 11.6. The molecule has 3 aromatic rings. The third-order valence-electron chi connectivity index (χ3n) is 3.38. The van der Waals surface area contributed by atoms with Crippen LogP contribution in [0.5, 0.6) is 0 Å². The van der Waals surface area contributed by atoms with E-state index in [-0.39, 0.29) is 5.97 Å². The Hall–Kier alpha value is -2.86. The monoisotopic (exact) mass is 357 g/mol. The number of rotatable bonds is 6. The molecule has 3 rings (SSSR count). The average Bonchev–Trinajstić information content (AvgIpc) is 3.10. The number of nitrogens with zero attached hydrogens (tertiary/aromatic N) is 2. The molecule has 1 N–H and O–H groups in total. The van der Waals surface area contributed by atoms with Gasteiger partial charge < -0.3 is 14.5 Å². The van der Waals surface area contributed by atoms with Crippen LogP contribution in [-0.4, -0.2) is 22.8 Å². The highest BCUT2D eigenvalue weighted by atomic mass is 35.5. The third kappa shape index (κ3) is 4.36. The maximum atomic E-state index is 11.6. The Kier molecular flexibility index (Phi) is 5.30. The molecule has 6 nitrogen and oxygen atoms in total. The van der Waals surface area contributed by atoms with E-state index >= 15 is 0 Å². The Balaban J connectivity index is 1.61. The Morgan fingerprint density at radius 1 is 1.20 bits per heavy atom. The van der Waals surface area contributed by atoms with Gasteiger partial charge in [0.2, 0.25) is 11.8 Å². The predicted octanol–water partition coefficient (Wildman–Crippen LogP) is 4.18. The molecule has 0 atom stereocenters. The number of aromatic nitrogens is 2. The highest BCUT2D eigenvalue weighted by Gasteiger charge is 2.09. The van der Waals surface area contributed by atoms with Crippen LogP contribution in [0.1, 0.15) is 23.2 Å². The van der Waals surface area contributed by atoms with Gasteiger partial charge in [-0.25, -0.2) is 4.79 Å². The van der Waals surface area contributed by atoms with Crippen LogP contribution in [0.3, 0.4) is 0 Å². The minimum absolute atomic E-state index is 0.336. The van der Waals surface area contributed by atoms with Crippen LogP contribution in [0.25, 0.3) is 11.5 Å². The van der Waals surface area contributed by atoms with E-state index in [4.69, 9.17) is 20.8 Å². The predicted molar refractivity (Wildman–Crippen MR) is 94.5 cm³/mol. The summed E-state index contributed by atoms with van der Waals surface area (Å²) >= 11 is 5.96. The fourth-order valence-electron chi connectivity index (χ4n) is 2.18. The molecule has 0 aliphatic heterocycles. The Morgan fingerprint density at radius 2 is 2.00 bits per heavy atom. The van der Waals surface area contributed by atoms with Crippen molar-refractivity contribution in [2.45, 2.75) is 13.5 Å². The minimum Gasteiger partial charge on any atom is -0.462 e. The first-order chi connectivity index (χ1) is 12.2. The fraction of sp³-hybridized carbons (Fsp3) is 0.167. The van der Waals surface area contributed by atoms with Crippen molar-refractivity contribution in [3.63, 3.8) is 0 Å². The van der Waals surface area contributed by atoms with Gasteiger partial charge in [-0.3, -0.25) is 0 Å². The lowest BCUT2D eigenvalue weighted by atomic mass is 10.2. The van der Waals surface area contributed by atoms with Gasteiger partial charge in [-0.2, -0.15) is 0 Å². The van der Waals surface area contributed by atoms with Gasteiger partial charge in [0.05, 0.1) is 18.7 Å². The van der Waals surface area contributed by atoms with Gasteiger partial charge in [0.25, 0.3) is 0 Å². The van der Waals surface area contributed by atoms with Crippen molar-refractivity contribution in [2.24, 2.45) is 0 Å². The number of anilines is 1. The molecule has 0 aliphatic rings. The van der Waals surface area contributed by atoms with Crippen LogP contribution in [-0.2, 0) is 11.3 Å². The van der Waals surface area contributed by atoms with Crippen molar-refractivity contribution in [3.05, 3.63) is 65.0 Å². The van der Waals surface area contributed by atoms with Crippen molar-refractivity contribution in [3.8, 4) is 11.5 Å². The van der Waals surface area contributed by atoms with E-state index < -0.39 is 0 Å². The number of hydrogen-bond donors (Lipinski definition) is 1. The van der Waals surface area contributed by atoms with Crippen LogP contribution in [0.2, 0.25) is 5.02 Å². The number of halogens is 1. The number of esters is 1. The molecule has 0 bridgehead atoms. The zero-order valence-corrected chi connectivity index (χ0v) is 14.3. The number of ether oxygens (including phenoxy) is 1. The molecule has 2 aromatic carbocycles. The van der Waals surface area contributed by atoms with Crippen molar-refractivity contribution in [1.29, 1.82) is 0 Å². The van der Waals surface area contributed by atoms with E-state index in [0.29, 0.717) is 35.5 Å². The molecule has 0 aliphatic carbocycles. The average molecular weight is 358 g/mol. The lowest BCUT2D eigenvalue weighted by Gasteiger charge is -2.05. The molecule has 0 fully saturated rings. The van der Waals surface area contributed by atoms with Gasteiger partial charge in [-0.15, -0.1) is 10.2 Å². The van der Waals surface area contributed by atoms with E-state index in [1.807, 2.05) is 12.1 Å². The van der Waals surface area contributed by atoms with E-state index in [1.54, 1.807) is 43.3 Å². The second-order valence-corrected chi connectivity index (χ2v) is 5.60. The summed E-state index contributed by atoms with van der Waals surface area (Å²) in [6.07, 6.45) is 0. The van der Waals surface area contributed by atoms with Gasteiger partial charge in [0.15, 0.2) is 0 Å². The third-order valence-corrected chi connectivity index (χ3v) is 3.61. The van der Waals surface area contributed by atoms with Gasteiger partial charge in [-0.1, -0.05) is 17.7 Å². The number of carbonyl (C=O) groups is 1. The molecule has 0 unspecified atom stereocenters. The summed E-state index contributed by atoms with van der Waals surface area (Å²) in [5.41, 5.74) is 2.11. The van der Waals surface area contributed by atoms with Crippen LogP contribution >= 0.6 is 11.6 Å². The molecule has 0 saturated carbocycles. The van der Waals surface area contributed by atoms with Gasteiger partial charge in [0.1, 0.15) is 0 Å². The second-order valence-electron chi connectivity index (χ2n) is 5.16. The highest BCUT2D eigenvalue weighted by Crippen LogP contribution is 2.21. The number of hydrogen-bond acceptors (Lipinski definition) is 6. The molecule has 7 heteroatoms. The normalized spacial score (nSPS) is 10.5. The van der Waals surface area contributed by atoms with E-state index in [0.717, 1.165) is 11.3 Å². The molecule has 0 saturated heterocycles. The quantitative estimate of drug-likeness (QED) is 0.667. The Labute approximate surface area is 149 Å². The van der Waals surface area contributed by atoms with Gasteiger partial charge >= 0.3 is 5.97 Å². The van der Waals surface area contributed by atoms with Gasteiger partial charge in [0, 0.05) is 16.3 Å². The van der Waals surface area contributed by atoms with Crippen molar-refractivity contribution >= 4 is 23.3 Å². The van der Waals surface area contributed by atoms with Crippen LogP contribution < -0.4 is 5.32 Å². The molecule has 0 amide bonds. The Morgan fingerprint density at radius 3 is 2.72 bits per heavy atom. The van der Waals surface area contributed by atoms with E-state index in [1.165, 1.54) is 0 Å². The number of carbonyl (C=O) groups excluding carboxylic acids is 1. The summed E-state index contributed by atoms with van der Waals surface area (Å²) < 4.78 is 10.6. The molecule has 1 heterocycles. The smallest absolute Gasteiger partial charge is 0.338 e. The first-order valence-electron chi connectivity index (χ1n) is 7.75. The lowest BCUT2D eigenvalue weighted by Crippen LogP contribution is -2.05. The first-order valence-corrected chi connectivity index (χ1v) is 8.13. The molecular weight excluding hydrogens is 342 g/mol. The van der Waals surface area contributed by atoms with Crippen molar-refractivity contribution in [1.82, 2.24) is 10.2 Å². The zero-order chi connectivity index (χ0) is 17.6. The minimum atomic E-state index is -0.336. The standard InChI is InChI=1S/C18H16ClN3O3/c1-2-24-18(23)12-6-8-15(9-7-12)20-11-16-21-22-17(25-16)13-4-3-5-14(19)10-13/h3-10,20H,2,11H2,1H3. The van der Waals surface area contributed by atoms with E-state index in [9.17, 15) is 4.79 Å². The number of nitrogens with one attached hydrogen (secondary N) is 1. The fourth-order valence-corrected chi connectivity index (χ4v) is 2.37. The number of benzene rings is 2. The zero-order valence-electron chi connectivity index (χ0n) is 13.5. The summed E-state index contributed by atoms with van der Waals surface area (Å²) in [4.78, 5) is 11.6.